The molecule has 1 aromatic carbocycles. The van der Waals surface area contributed by atoms with Gasteiger partial charge in [-0.25, -0.2) is 13.6 Å². The number of carbonyl (C=O) groups is 1. The van der Waals surface area contributed by atoms with Crippen LogP contribution in [0.5, 0.6) is 0 Å². The lowest BCUT2D eigenvalue weighted by atomic mass is 10.1. The van der Waals surface area contributed by atoms with Crippen molar-refractivity contribution in [3.05, 3.63) is 29.8 Å². The van der Waals surface area contributed by atoms with E-state index in [9.17, 15) is 13.2 Å². The maximum Gasteiger partial charge on any atom is 0.238 e. The van der Waals surface area contributed by atoms with Crippen molar-refractivity contribution >= 4 is 15.9 Å². The number of benzene rings is 1. The number of sulfonamides is 1. The summed E-state index contributed by atoms with van der Waals surface area (Å²) < 4.78 is 27.8. The largest absolute Gasteiger partial charge is 0.378 e. The predicted octanol–water partition coefficient (Wildman–Crippen LogP) is 0.186. The SMILES string of the molecule is CC(c1ccc(S(N)(=O)=O)cc1)N(C)CC(=O)N1CCOCC1. The van der Waals surface area contributed by atoms with Gasteiger partial charge in [0.05, 0.1) is 24.7 Å². The van der Waals surface area contributed by atoms with Crippen molar-refractivity contribution in [3.63, 3.8) is 0 Å². The van der Waals surface area contributed by atoms with Gasteiger partial charge in [0.1, 0.15) is 0 Å². The van der Waals surface area contributed by atoms with Crippen LogP contribution in [0.1, 0.15) is 18.5 Å². The monoisotopic (exact) mass is 341 g/mol. The Bertz CT molecular complexity index is 639. The Hall–Kier alpha value is -1.48. The van der Waals surface area contributed by atoms with Crippen molar-refractivity contribution in [1.82, 2.24) is 9.80 Å². The molecular weight excluding hydrogens is 318 g/mol. The van der Waals surface area contributed by atoms with Gasteiger partial charge in [0.2, 0.25) is 15.9 Å². The molecule has 1 atom stereocenters. The first kappa shape index (κ1) is 17.9. The standard InChI is InChI=1S/C15H23N3O4S/c1-12(13-3-5-14(6-4-13)23(16,20)21)17(2)11-15(19)18-7-9-22-10-8-18/h3-6,12H,7-11H2,1-2H3,(H2,16,20,21). The minimum absolute atomic E-state index is 0.0190. The lowest BCUT2D eigenvalue weighted by Gasteiger charge is -2.31. The molecule has 1 fully saturated rings. The summed E-state index contributed by atoms with van der Waals surface area (Å²) >= 11 is 0. The predicted molar refractivity (Wildman–Crippen MR) is 86.3 cm³/mol. The number of morpholine rings is 1. The number of carbonyl (C=O) groups excluding carboxylic acids is 1. The van der Waals surface area contributed by atoms with Crippen LogP contribution in [0.25, 0.3) is 0 Å². The highest BCUT2D eigenvalue weighted by Crippen LogP contribution is 2.20. The van der Waals surface area contributed by atoms with E-state index in [4.69, 9.17) is 9.88 Å². The van der Waals surface area contributed by atoms with Gasteiger partial charge in [-0.2, -0.15) is 0 Å². The van der Waals surface area contributed by atoms with Crippen LogP contribution in [-0.4, -0.2) is 64.0 Å². The number of hydrogen-bond donors (Lipinski definition) is 1. The molecule has 1 saturated heterocycles. The molecule has 0 radical (unpaired) electrons. The molecule has 128 valence electrons. The van der Waals surface area contributed by atoms with E-state index in [0.29, 0.717) is 32.8 Å². The van der Waals surface area contributed by atoms with Crippen molar-refractivity contribution < 1.29 is 17.9 Å². The number of hydrogen-bond acceptors (Lipinski definition) is 5. The molecule has 0 aromatic heterocycles. The summed E-state index contributed by atoms with van der Waals surface area (Å²) in [6.45, 7) is 4.70. The van der Waals surface area contributed by atoms with Crippen LogP contribution >= 0.6 is 0 Å². The van der Waals surface area contributed by atoms with E-state index in [1.807, 2.05) is 18.9 Å². The fourth-order valence-corrected chi connectivity index (χ4v) is 2.97. The number of likely N-dealkylation sites (N-methyl/N-ethyl adjacent to an activating group) is 1. The molecule has 0 saturated carbocycles. The highest BCUT2D eigenvalue weighted by Gasteiger charge is 2.21. The third kappa shape index (κ3) is 4.74. The zero-order chi connectivity index (χ0) is 17.0. The summed E-state index contributed by atoms with van der Waals surface area (Å²) in [6, 6.07) is 6.40. The second-order valence-corrected chi connectivity index (χ2v) is 7.26. The van der Waals surface area contributed by atoms with Crippen molar-refractivity contribution in [2.24, 2.45) is 5.14 Å². The van der Waals surface area contributed by atoms with E-state index < -0.39 is 10.0 Å². The van der Waals surface area contributed by atoms with Crippen LogP contribution in [0, 0.1) is 0 Å². The van der Waals surface area contributed by atoms with Gasteiger partial charge >= 0.3 is 0 Å². The number of amides is 1. The Morgan fingerprint density at radius 2 is 1.87 bits per heavy atom. The fraction of sp³-hybridized carbons (Fsp3) is 0.533. The summed E-state index contributed by atoms with van der Waals surface area (Å²) in [5.41, 5.74) is 0.926. The van der Waals surface area contributed by atoms with Gasteiger partial charge in [0.25, 0.3) is 0 Å². The third-order valence-corrected chi connectivity index (χ3v) is 5.03. The molecule has 1 amide bonds. The van der Waals surface area contributed by atoms with E-state index in [1.54, 1.807) is 17.0 Å². The molecule has 1 heterocycles. The normalized spacial score (nSPS) is 17.3. The molecule has 0 bridgehead atoms. The van der Waals surface area contributed by atoms with E-state index in [-0.39, 0.29) is 16.8 Å². The molecular formula is C15H23N3O4S. The van der Waals surface area contributed by atoms with Crippen molar-refractivity contribution in [2.75, 3.05) is 39.9 Å². The number of nitrogens with two attached hydrogens (primary N) is 1. The fourth-order valence-electron chi connectivity index (χ4n) is 2.45. The lowest BCUT2D eigenvalue weighted by Crippen LogP contribution is -2.45. The Labute approximate surface area is 137 Å². The summed E-state index contributed by atoms with van der Waals surface area (Å²) in [5.74, 6) is 0.0730. The molecule has 1 aliphatic heterocycles. The minimum atomic E-state index is -3.69. The maximum atomic E-state index is 12.3. The van der Waals surface area contributed by atoms with Crippen LogP contribution in [0.15, 0.2) is 29.2 Å². The van der Waals surface area contributed by atoms with Crippen LogP contribution < -0.4 is 5.14 Å². The first-order chi connectivity index (χ1) is 10.8. The van der Waals surface area contributed by atoms with Crippen LogP contribution in [-0.2, 0) is 19.6 Å². The lowest BCUT2D eigenvalue weighted by molar-refractivity contribution is -0.136. The Morgan fingerprint density at radius 1 is 1.30 bits per heavy atom. The topological polar surface area (TPSA) is 92.9 Å². The molecule has 0 aliphatic carbocycles. The van der Waals surface area contributed by atoms with E-state index in [2.05, 4.69) is 0 Å². The quantitative estimate of drug-likeness (QED) is 0.825. The number of primary sulfonamides is 1. The van der Waals surface area contributed by atoms with E-state index in [0.717, 1.165) is 5.56 Å². The maximum absolute atomic E-state index is 12.3. The van der Waals surface area contributed by atoms with Gasteiger partial charge in [-0.1, -0.05) is 12.1 Å². The molecule has 23 heavy (non-hydrogen) atoms. The zero-order valence-electron chi connectivity index (χ0n) is 13.4. The van der Waals surface area contributed by atoms with Gasteiger partial charge in [-0.15, -0.1) is 0 Å². The van der Waals surface area contributed by atoms with Crippen molar-refractivity contribution in [3.8, 4) is 0 Å². The summed E-state index contributed by atoms with van der Waals surface area (Å²) in [7, 11) is -1.81. The van der Waals surface area contributed by atoms with Crippen molar-refractivity contribution in [2.45, 2.75) is 17.9 Å². The molecule has 1 aromatic rings. The Balaban J connectivity index is 1.98. The smallest absolute Gasteiger partial charge is 0.238 e. The second-order valence-electron chi connectivity index (χ2n) is 5.70. The molecule has 2 N–H and O–H groups in total. The highest BCUT2D eigenvalue weighted by molar-refractivity contribution is 7.89. The van der Waals surface area contributed by atoms with Crippen LogP contribution in [0.3, 0.4) is 0 Å². The molecule has 1 aliphatic rings. The van der Waals surface area contributed by atoms with Gasteiger partial charge in [-0.05, 0) is 31.7 Å². The molecule has 2 rings (SSSR count). The van der Waals surface area contributed by atoms with Gasteiger partial charge in [0, 0.05) is 19.1 Å². The number of ether oxygens (including phenoxy) is 1. The Morgan fingerprint density at radius 3 is 2.39 bits per heavy atom. The molecule has 8 heteroatoms. The van der Waals surface area contributed by atoms with Gasteiger partial charge in [-0.3, -0.25) is 9.69 Å². The zero-order valence-corrected chi connectivity index (χ0v) is 14.3. The highest BCUT2D eigenvalue weighted by atomic mass is 32.2. The second kappa shape index (κ2) is 7.39. The minimum Gasteiger partial charge on any atom is -0.378 e. The number of nitrogens with zero attached hydrogens (tertiary/aromatic N) is 2. The van der Waals surface area contributed by atoms with E-state index >= 15 is 0 Å². The number of rotatable bonds is 5. The first-order valence-corrected chi connectivity index (χ1v) is 9.02. The summed E-state index contributed by atoms with van der Waals surface area (Å²) in [5, 5.41) is 5.09. The molecule has 0 spiro atoms. The van der Waals surface area contributed by atoms with Gasteiger partial charge in [0.15, 0.2) is 0 Å². The van der Waals surface area contributed by atoms with Crippen LogP contribution in [0.2, 0.25) is 0 Å². The average molecular weight is 341 g/mol. The summed E-state index contributed by atoms with van der Waals surface area (Å²) in [6.07, 6.45) is 0. The molecule has 7 nitrogen and oxygen atoms in total. The van der Waals surface area contributed by atoms with Crippen LogP contribution in [0.4, 0.5) is 0 Å². The Kier molecular flexibility index (Phi) is 5.74. The van der Waals surface area contributed by atoms with E-state index in [1.165, 1.54) is 12.1 Å². The third-order valence-electron chi connectivity index (χ3n) is 4.10. The van der Waals surface area contributed by atoms with Gasteiger partial charge < -0.3 is 9.64 Å². The average Bonchev–Trinajstić information content (AvgIpc) is 2.54. The molecule has 1 unspecified atom stereocenters. The first-order valence-electron chi connectivity index (χ1n) is 7.47. The van der Waals surface area contributed by atoms with Crippen molar-refractivity contribution in [1.29, 1.82) is 0 Å². The summed E-state index contributed by atoms with van der Waals surface area (Å²) in [4.78, 5) is 16.1.